The Morgan fingerprint density at radius 3 is 1.70 bits per heavy atom. The summed E-state index contributed by atoms with van der Waals surface area (Å²) in [5.74, 6) is -0.210. The molecule has 0 heterocycles. The van der Waals surface area contributed by atoms with Crippen molar-refractivity contribution in [2.24, 2.45) is 0 Å². The lowest BCUT2D eigenvalue weighted by Crippen LogP contribution is -2.25. The Morgan fingerprint density at radius 1 is 1.20 bits per heavy atom. The van der Waals surface area contributed by atoms with Crippen LogP contribution in [0.1, 0.15) is 0 Å². The molecule has 0 amide bonds. The Morgan fingerprint density at radius 2 is 1.50 bits per heavy atom. The minimum Gasteiger partial charge on any atom is -0.305 e. The highest BCUT2D eigenvalue weighted by atomic mass is 32.2. The molecule has 0 rings (SSSR count). The first-order valence-corrected chi connectivity index (χ1v) is 4.91. The van der Waals surface area contributed by atoms with Gasteiger partial charge in [-0.2, -0.15) is 0 Å². The van der Waals surface area contributed by atoms with Gasteiger partial charge < -0.3 is 9.11 Å². The van der Waals surface area contributed by atoms with Crippen molar-refractivity contribution < 1.29 is 17.5 Å². The van der Waals surface area contributed by atoms with Gasteiger partial charge >= 0.3 is 0 Å². The van der Waals surface area contributed by atoms with Crippen molar-refractivity contribution in [1.82, 2.24) is 4.90 Å². The first kappa shape index (κ1) is 10.2. The van der Waals surface area contributed by atoms with Crippen LogP contribution in [-0.2, 0) is 22.2 Å². The van der Waals surface area contributed by atoms with Gasteiger partial charge in [0.15, 0.2) is 22.2 Å². The van der Waals surface area contributed by atoms with E-state index < -0.39 is 22.2 Å². The molecule has 0 aromatic heterocycles. The zero-order valence-electron chi connectivity index (χ0n) is 5.39. The lowest BCUT2D eigenvalue weighted by atomic mass is 11.0. The second-order valence-electron chi connectivity index (χ2n) is 1.76. The molecule has 0 saturated heterocycles. The van der Waals surface area contributed by atoms with Gasteiger partial charge in [0.2, 0.25) is 0 Å². The Labute approximate surface area is 64.0 Å². The van der Waals surface area contributed by atoms with Gasteiger partial charge in [-0.1, -0.05) is 0 Å². The standard InChI is InChI=1S/C3H9NO4S2/c1-4(2-9(5)6)3-10(7)8/h2-3H2,1H3,(H,5,6)(H,7,8). The Kier molecular flexibility index (Phi) is 5.00. The molecule has 2 atom stereocenters. The fourth-order valence-electron chi connectivity index (χ4n) is 0.414. The van der Waals surface area contributed by atoms with Crippen LogP contribution in [0.15, 0.2) is 0 Å². The zero-order chi connectivity index (χ0) is 8.15. The summed E-state index contributed by atoms with van der Waals surface area (Å²) in [6.45, 7) is 0. The molecule has 7 heteroatoms. The first-order valence-electron chi connectivity index (χ1n) is 2.36. The van der Waals surface area contributed by atoms with Gasteiger partial charge in [-0.15, -0.1) is 0 Å². The zero-order valence-corrected chi connectivity index (χ0v) is 7.02. The molecular formula is C3H9NO4S2. The van der Waals surface area contributed by atoms with Crippen LogP contribution in [-0.4, -0.2) is 41.2 Å². The smallest absolute Gasteiger partial charge is 0.167 e. The Hall–Kier alpha value is 0.180. The third-order valence-corrected chi connectivity index (χ3v) is 1.98. The molecule has 62 valence electrons. The molecule has 0 aromatic carbocycles. The second-order valence-corrected chi connectivity index (χ2v) is 3.56. The second kappa shape index (κ2) is 4.91. The maximum Gasteiger partial charge on any atom is 0.167 e. The average Bonchev–Trinajstić information content (AvgIpc) is 1.58. The van der Waals surface area contributed by atoms with Crippen LogP contribution in [0, 0.1) is 0 Å². The predicted molar refractivity (Wildman–Crippen MR) is 39.0 cm³/mol. The summed E-state index contributed by atoms with van der Waals surface area (Å²) in [5.41, 5.74) is 0. The molecule has 0 aliphatic carbocycles. The number of hydrogen-bond acceptors (Lipinski definition) is 3. The molecule has 0 aliphatic heterocycles. The Bertz CT molecular complexity index is 133. The highest BCUT2D eigenvalue weighted by Gasteiger charge is 2.03. The lowest BCUT2D eigenvalue weighted by Gasteiger charge is -2.09. The highest BCUT2D eigenvalue weighted by Crippen LogP contribution is 1.86. The quantitative estimate of drug-likeness (QED) is 0.568. The van der Waals surface area contributed by atoms with E-state index in [1.165, 1.54) is 11.9 Å². The lowest BCUT2D eigenvalue weighted by molar-refractivity contribution is 0.419. The third kappa shape index (κ3) is 6.30. The fourth-order valence-corrected chi connectivity index (χ4v) is 1.47. The molecule has 0 bridgehead atoms. The van der Waals surface area contributed by atoms with Crippen LogP contribution < -0.4 is 0 Å². The maximum atomic E-state index is 10.1. The molecular weight excluding hydrogens is 178 g/mol. The van der Waals surface area contributed by atoms with Crippen molar-refractivity contribution in [3.8, 4) is 0 Å². The number of nitrogens with zero attached hydrogens (tertiary/aromatic N) is 1. The van der Waals surface area contributed by atoms with E-state index in [2.05, 4.69) is 0 Å². The molecule has 10 heavy (non-hydrogen) atoms. The SMILES string of the molecule is CN(CS(=O)O)CS(=O)O. The molecule has 2 unspecified atom stereocenters. The van der Waals surface area contributed by atoms with Crippen LogP contribution in [0.2, 0.25) is 0 Å². The van der Waals surface area contributed by atoms with E-state index in [-0.39, 0.29) is 11.8 Å². The van der Waals surface area contributed by atoms with Gasteiger partial charge in [0, 0.05) is 0 Å². The summed E-state index contributed by atoms with van der Waals surface area (Å²) >= 11 is -3.86. The van der Waals surface area contributed by atoms with Crippen LogP contribution in [0.4, 0.5) is 0 Å². The molecule has 0 aliphatic rings. The van der Waals surface area contributed by atoms with Gasteiger partial charge in [-0.25, -0.2) is 8.42 Å². The summed E-state index contributed by atoms with van der Waals surface area (Å²) in [5, 5.41) is 0. The fraction of sp³-hybridized carbons (Fsp3) is 1.00. The van der Waals surface area contributed by atoms with E-state index in [4.69, 9.17) is 9.11 Å². The third-order valence-electron chi connectivity index (χ3n) is 0.662. The summed E-state index contributed by atoms with van der Waals surface area (Å²) in [7, 11) is 1.49. The Balaban J connectivity index is 3.53. The van der Waals surface area contributed by atoms with Crippen molar-refractivity contribution in [3.63, 3.8) is 0 Å². The molecule has 0 spiro atoms. The monoisotopic (exact) mass is 187 g/mol. The summed E-state index contributed by atoms with van der Waals surface area (Å²) < 4.78 is 36.7. The van der Waals surface area contributed by atoms with Crippen molar-refractivity contribution >= 4 is 22.2 Å². The van der Waals surface area contributed by atoms with E-state index in [1.807, 2.05) is 0 Å². The van der Waals surface area contributed by atoms with Gasteiger partial charge in [0.1, 0.15) is 11.8 Å². The van der Waals surface area contributed by atoms with Gasteiger partial charge in [-0.05, 0) is 7.05 Å². The summed E-state index contributed by atoms with van der Waals surface area (Å²) in [6.07, 6.45) is 0. The number of hydrogen-bond donors (Lipinski definition) is 2. The molecule has 0 radical (unpaired) electrons. The van der Waals surface area contributed by atoms with Crippen LogP contribution in [0.3, 0.4) is 0 Å². The van der Waals surface area contributed by atoms with Crippen molar-refractivity contribution in [2.45, 2.75) is 0 Å². The van der Waals surface area contributed by atoms with Crippen LogP contribution in [0.5, 0.6) is 0 Å². The maximum absolute atomic E-state index is 10.1. The van der Waals surface area contributed by atoms with E-state index in [0.29, 0.717) is 0 Å². The van der Waals surface area contributed by atoms with E-state index in [0.717, 1.165) is 0 Å². The average molecular weight is 187 g/mol. The van der Waals surface area contributed by atoms with Crippen molar-refractivity contribution in [1.29, 1.82) is 0 Å². The van der Waals surface area contributed by atoms with Crippen molar-refractivity contribution in [2.75, 3.05) is 18.8 Å². The van der Waals surface area contributed by atoms with Crippen LogP contribution >= 0.6 is 0 Å². The van der Waals surface area contributed by atoms with Gasteiger partial charge in [0.05, 0.1) is 0 Å². The number of rotatable bonds is 4. The van der Waals surface area contributed by atoms with E-state index in [1.54, 1.807) is 0 Å². The summed E-state index contributed by atoms with van der Waals surface area (Å²) in [6, 6.07) is 0. The van der Waals surface area contributed by atoms with Crippen LogP contribution in [0.25, 0.3) is 0 Å². The molecule has 0 saturated carbocycles. The normalized spacial score (nSPS) is 17.2. The van der Waals surface area contributed by atoms with Gasteiger partial charge in [-0.3, -0.25) is 4.90 Å². The molecule has 5 nitrogen and oxygen atoms in total. The van der Waals surface area contributed by atoms with Gasteiger partial charge in [0.25, 0.3) is 0 Å². The molecule has 0 aromatic rings. The summed E-state index contributed by atoms with van der Waals surface area (Å²) in [4.78, 5) is 1.30. The molecule has 2 N–H and O–H groups in total. The molecule has 0 fully saturated rings. The van der Waals surface area contributed by atoms with E-state index >= 15 is 0 Å². The first-order chi connectivity index (χ1) is 4.52. The topological polar surface area (TPSA) is 77.8 Å². The highest BCUT2D eigenvalue weighted by molar-refractivity contribution is 7.80. The predicted octanol–water partition coefficient (Wildman–Crippen LogP) is -0.723. The van der Waals surface area contributed by atoms with Crippen molar-refractivity contribution in [3.05, 3.63) is 0 Å². The van der Waals surface area contributed by atoms with E-state index in [9.17, 15) is 8.42 Å². The largest absolute Gasteiger partial charge is 0.305 e. The minimum atomic E-state index is -1.93. The minimum absolute atomic E-state index is 0.105.